The lowest BCUT2D eigenvalue weighted by atomic mass is 9.71. The van der Waals surface area contributed by atoms with Crippen molar-refractivity contribution < 1.29 is 24.2 Å². The first kappa shape index (κ1) is 26.8. The molecule has 3 heterocycles. The summed E-state index contributed by atoms with van der Waals surface area (Å²) < 4.78 is 4.91. The van der Waals surface area contributed by atoms with Crippen molar-refractivity contribution in [3.63, 3.8) is 0 Å². The lowest BCUT2D eigenvalue weighted by molar-refractivity contribution is -0.154. The number of ether oxygens (including phenoxy) is 1. The summed E-state index contributed by atoms with van der Waals surface area (Å²) in [4.78, 5) is 44.5. The van der Waals surface area contributed by atoms with Crippen LogP contribution in [0.3, 0.4) is 0 Å². The van der Waals surface area contributed by atoms with Gasteiger partial charge >= 0.3 is 5.97 Å². The number of unbranched alkanes of at least 4 members (excludes halogenated alkanes) is 1. The van der Waals surface area contributed by atoms with Crippen LogP contribution in [0.5, 0.6) is 0 Å². The number of aliphatic hydroxyl groups excluding tert-OH is 1. The molecule has 3 fully saturated rings. The van der Waals surface area contributed by atoms with Crippen molar-refractivity contribution in [2.75, 3.05) is 19.8 Å². The maximum atomic E-state index is 14.1. The molecular weight excluding hydrogens is 452 g/mol. The monoisotopic (exact) mass is 492 g/mol. The largest absolute Gasteiger partial charge is 0.465 e. The number of hydrogen-bond acceptors (Lipinski definition) is 6. The van der Waals surface area contributed by atoms with E-state index in [1.807, 2.05) is 11.8 Å². The zero-order valence-electron chi connectivity index (χ0n) is 20.8. The van der Waals surface area contributed by atoms with E-state index in [0.717, 1.165) is 25.7 Å². The van der Waals surface area contributed by atoms with Gasteiger partial charge in [-0.3, -0.25) is 14.4 Å². The lowest BCUT2D eigenvalue weighted by Crippen LogP contribution is -2.58. The van der Waals surface area contributed by atoms with E-state index < -0.39 is 28.7 Å². The van der Waals surface area contributed by atoms with Crippen LogP contribution in [0, 0.1) is 11.8 Å². The number of likely N-dealkylation sites (tertiary alicyclic amines) is 1. The third-order valence-electron chi connectivity index (χ3n) is 7.63. The number of carbonyl (C=O) groups is 3. The third kappa shape index (κ3) is 4.55. The van der Waals surface area contributed by atoms with Gasteiger partial charge in [0.2, 0.25) is 11.8 Å². The number of aliphatic hydroxyl groups is 1. The maximum absolute atomic E-state index is 14.1. The van der Waals surface area contributed by atoms with Crippen molar-refractivity contribution >= 4 is 29.5 Å². The minimum Gasteiger partial charge on any atom is -0.465 e. The van der Waals surface area contributed by atoms with E-state index in [0.29, 0.717) is 26.0 Å². The highest BCUT2D eigenvalue weighted by molar-refractivity contribution is 8.02. The number of fused-ring (bicyclic) bond motifs is 1. The van der Waals surface area contributed by atoms with Gasteiger partial charge in [-0.2, -0.15) is 0 Å². The Balaban J connectivity index is 1.96. The Labute approximate surface area is 208 Å². The molecule has 0 aromatic heterocycles. The number of thioether (sulfide) groups is 1. The van der Waals surface area contributed by atoms with Gasteiger partial charge in [0.1, 0.15) is 6.04 Å². The number of esters is 1. The molecule has 3 saturated heterocycles. The van der Waals surface area contributed by atoms with E-state index in [-0.39, 0.29) is 35.7 Å². The fourth-order valence-electron chi connectivity index (χ4n) is 6.05. The number of nitrogens with zero attached hydrogens (tertiary/aromatic N) is 2. The van der Waals surface area contributed by atoms with E-state index in [1.165, 1.54) is 0 Å². The molecule has 34 heavy (non-hydrogen) atoms. The highest BCUT2D eigenvalue weighted by Gasteiger charge is 2.74. The molecule has 0 aliphatic carbocycles. The summed E-state index contributed by atoms with van der Waals surface area (Å²) in [5, 5.41) is 9.95. The van der Waals surface area contributed by atoms with Gasteiger partial charge in [-0.1, -0.05) is 25.5 Å². The van der Waals surface area contributed by atoms with E-state index >= 15 is 0 Å². The standard InChI is InChI=1S/C26H40N2O5S/c1-6-9-10-15-33-25(32)20-19-12-13-26(34-19)21(20)23(30)28(18(5)16-29)22(26)24(31)27(14-8-3)17(4)11-7-2/h6,8,17-22,29H,1,3,7,9-16H2,2,4-5H3/t17?,18-,19-,20+,21+,22?,26?/m1/s1. The molecule has 0 aromatic rings. The Morgan fingerprint density at radius 3 is 2.71 bits per heavy atom. The second-order valence-corrected chi connectivity index (χ2v) is 11.4. The summed E-state index contributed by atoms with van der Waals surface area (Å²) in [5.41, 5.74) is 0. The van der Waals surface area contributed by atoms with Crippen molar-refractivity contribution in [2.45, 2.75) is 87.4 Å². The Morgan fingerprint density at radius 2 is 2.09 bits per heavy atom. The molecule has 7 nitrogen and oxygen atoms in total. The second-order valence-electron chi connectivity index (χ2n) is 9.85. The van der Waals surface area contributed by atoms with E-state index in [1.54, 1.807) is 35.7 Å². The van der Waals surface area contributed by atoms with Crippen LogP contribution < -0.4 is 0 Å². The fraction of sp³-hybridized carbons (Fsp3) is 0.731. The summed E-state index contributed by atoms with van der Waals surface area (Å²) in [5.74, 6) is -1.80. The average Bonchev–Trinajstić information content (AvgIpc) is 3.46. The van der Waals surface area contributed by atoms with Crippen molar-refractivity contribution in [2.24, 2.45) is 11.8 Å². The van der Waals surface area contributed by atoms with Crippen LogP contribution >= 0.6 is 11.8 Å². The summed E-state index contributed by atoms with van der Waals surface area (Å²) in [6.45, 7) is 13.9. The molecule has 1 N–H and O–H groups in total. The number of amides is 2. The molecule has 190 valence electrons. The summed E-state index contributed by atoms with van der Waals surface area (Å²) in [6.07, 6.45) is 8.23. The van der Waals surface area contributed by atoms with Crippen molar-refractivity contribution in [3.05, 3.63) is 25.3 Å². The van der Waals surface area contributed by atoms with Crippen LogP contribution in [-0.4, -0.2) is 80.6 Å². The van der Waals surface area contributed by atoms with Crippen LogP contribution in [0.15, 0.2) is 25.3 Å². The molecule has 2 bridgehead atoms. The van der Waals surface area contributed by atoms with Gasteiger partial charge in [0, 0.05) is 17.8 Å². The van der Waals surface area contributed by atoms with Gasteiger partial charge in [-0.25, -0.2) is 0 Å². The van der Waals surface area contributed by atoms with Crippen LogP contribution in [0.2, 0.25) is 0 Å². The van der Waals surface area contributed by atoms with Crippen LogP contribution in [0.1, 0.15) is 59.3 Å². The summed E-state index contributed by atoms with van der Waals surface area (Å²) in [6, 6.07) is -1.22. The van der Waals surface area contributed by atoms with Gasteiger partial charge < -0.3 is 19.6 Å². The SMILES string of the molecule is C=CCCCOC(=O)[C@@H]1[C@H]2C(=O)N([C@H](C)CO)C(C(=O)N(CC=C)C(C)CCC)C23CC[C@H]1S3. The van der Waals surface area contributed by atoms with Gasteiger partial charge in [0.15, 0.2) is 0 Å². The van der Waals surface area contributed by atoms with Crippen LogP contribution in [0.25, 0.3) is 0 Å². The Hall–Kier alpha value is -1.80. The van der Waals surface area contributed by atoms with Crippen LogP contribution in [-0.2, 0) is 19.1 Å². The topological polar surface area (TPSA) is 87.1 Å². The molecular formula is C26H40N2O5S. The summed E-state index contributed by atoms with van der Waals surface area (Å²) in [7, 11) is 0. The highest BCUT2D eigenvalue weighted by Crippen LogP contribution is 2.67. The summed E-state index contributed by atoms with van der Waals surface area (Å²) >= 11 is 1.63. The zero-order valence-corrected chi connectivity index (χ0v) is 21.6. The van der Waals surface area contributed by atoms with Crippen molar-refractivity contribution in [1.29, 1.82) is 0 Å². The number of allylic oxidation sites excluding steroid dienone is 1. The van der Waals surface area contributed by atoms with E-state index in [9.17, 15) is 19.5 Å². The Morgan fingerprint density at radius 1 is 1.35 bits per heavy atom. The first-order chi connectivity index (χ1) is 16.3. The Kier molecular flexibility index (Phi) is 8.90. The molecule has 0 radical (unpaired) electrons. The molecule has 8 heteroatoms. The molecule has 3 rings (SSSR count). The molecule has 1 spiro atoms. The van der Waals surface area contributed by atoms with Gasteiger partial charge in [-0.15, -0.1) is 24.9 Å². The lowest BCUT2D eigenvalue weighted by Gasteiger charge is -2.40. The smallest absolute Gasteiger partial charge is 0.310 e. The zero-order chi connectivity index (χ0) is 25.0. The van der Waals surface area contributed by atoms with Crippen molar-refractivity contribution in [1.82, 2.24) is 9.80 Å². The molecule has 0 aromatic carbocycles. The third-order valence-corrected chi connectivity index (χ3v) is 9.58. The van der Waals surface area contributed by atoms with Crippen molar-refractivity contribution in [3.8, 4) is 0 Å². The second kappa shape index (κ2) is 11.3. The molecule has 2 amide bonds. The van der Waals surface area contributed by atoms with E-state index in [2.05, 4.69) is 20.1 Å². The molecule has 3 aliphatic heterocycles. The molecule has 0 saturated carbocycles. The maximum Gasteiger partial charge on any atom is 0.310 e. The van der Waals surface area contributed by atoms with Gasteiger partial charge in [0.25, 0.3) is 0 Å². The number of rotatable bonds is 13. The number of hydrogen-bond donors (Lipinski definition) is 1. The quantitative estimate of drug-likeness (QED) is 0.241. The van der Waals surface area contributed by atoms with E-state index in [4.69, 9.17) is 4.74 Å². The number of carbonyl (C=O) groups excluding carboxylic acids is 3. The predicted octanol–water partition coefficient (Wildman–Crippen LogP) is 3.17. The predicted molar refractivity (Wildman–Crippen MR) is 134 cm³/mol. The molecule has 7 atom stereocenters. The first-order valence-corrected chi connectivity index (χ1v) is 13.5. The minimum atomic E-state index is -0.708. The average molecular weight is 493 g/mol. The normalized spacial score (nSPS) is 31.2. The Bertz CT molecular complexity index is 804. The first-order valence-electron chi connectivity index (χ1n) is 12.6. The molecule has 3 aliphatic rings. The van der Waals surface area contributed by atoms with Gasteiger partial charge in [0.05, 0.1) is 35.8 Å². The minimum absolute atomic E-state index is 0.00144. The fourth-order valence-corrected chi connectivity index (χ4v) is 8.24. The van der Waals surface area contributed by atoms with Gasteiger partial charge in [-0.05, 0) is 46.0 Å². The highest BCUT2D eigenvalue weighted by atomic mass is 32.2. The molecule has 3 unspecified atom stereocenters. The van der Waals surface area contributed by atoms with Crippen LogP contribution in [0.4, 0.5) is 0 Å².